The van der Waals surface area contributed by atoms with Crippen molar-refractivity contribution in [2.24, 2.45) is 0 Å². The van der Waals surface area contributed by atoms with Crippen LogP contribution in [0.4, 0.5) is 5.88 Å². The maximum absolute atomic E-state index is 13.8. The Labute approximate surface area is 188 Å². The van der Waals surface area contributed by atoms with Crippen molar-refractivity contribution in [1.82, 2.24) is 4.98 Å². The number of benzene rings is 2. The standard InChI is InChI=1S/C24H29N2O5P/c1-3-29-32(27,30-4-2)23-24(26-15-17-28-18-16-26)31-22(25-23)21(19-11-7-5-8-12-19)20-13-9-6-10-14-20/h5-14,21H,3-4,15-18H2,1-2H3. The lowest BCUT2D eigenvalue weighted by Gasteiger charge is -2.27. The Kier molecular flexibility index (Phi) is 7.43. The lowest BCUT2D eigenvalue weighted by atomic mass is 9.91. The van der Waals surface area contributed by atoms with Crippen LogP contribution in [0.25, 0.3) is 0 Å². The van der Waals surface area contributed by atoms with E-state index in [9.17, 15) is 4.57 Å². The third-order valence-corrected chi connectivity index (χ3v) is 7.28. The van der Waals surface area contributed by atoms with E-state index >= 15 is 0 Å². The van der Waals surface area contributed by atoms with Crippen LogP contribution in [0.5, 0.6) is 0 Å². The Hall–Kier alpha value is -2.44. The molecule has 0 atom stereocenters. The molecule has 0 saturated carbocycles. The van der Waals surface area contributed by atoms with Crippen molar-refractivity contribution in [2.75, 3.05) is 44.4 Å². The number of oxazole rings is 1. The van der Waals surface area contributed by atoms with Crippen LogP contribution in [-0.2, 0) is 18.3 Å². The second kappa shape index (κ2) is 10.5. The van der Waals surface area contributed by atoms with Gasteiger partial charge in [-0.05, 0) is 25.0 Å². The summed E-state index contributed by atoms with van der Waals surface area (Å²) >= 11 is 0. The van der Waals surface area contributed by atoms with E-state index in [1.807, 2.05) is 65.6 Å². The van der Waals surface area contributed by atoms with Crippen molar-refractivity contribution in [2.45, 2.75) is 19.8 Å². The topological polar surface area (TPSA) is 74.0 Å². The summed E-state index contributed by atoms with van der Waals surface area (Å²) in [5.41, 5.74) is 2.29. The molecule has 1 fully saturated rings. The molecule has 0 amide bonds. The molecule has 1 aromatic heterocycles. The number of hydrogen-bond acceptors (Lipinski definition) is 7. The molecule has 0 spiro atoms. The van der Waals surface area contributed by atoms with Gasteiger partial charge >= 0.3 is 7.60 Å². The number of anilines is 1. The van der Waals surface area contributed by atoms with Crippen LogP contribution in [0.1, 0.15) is 36.8 Å². The molecule has 4 rings (SSSR count). The van der Waals surface area contributed by atoms with Gasteiger partial charge in [0.2, 0.25) is 17.2 Å². The number of nitrogens with zero attached hydrogens (tertiary/aromatic N) is 2. The predicted octanol–water partition coefficient (Wildman–Crippen LogP) is 4.58. The molecule has 8 heteroatoms. The van der Waals surface area contributed by atoms with Gasteiger partial charge in [-0.1, -0.05) is 60.7 Å². The zero-order valence-corrected chi connectivity index (χ0v) is 19.4. The minimum Gasteiger partial charge on any atom is -0.423 e. The minimum atomic E-state index is -3.67. The number of aromatic nitrogens is 1. The molecule has 2 heterocycles. The molecule has 32 heavy (non-hydrogen) atoms. The molecule has 1 aliphatic rings. The highest BCUT2D eigenvalue weighted by Crippen LogP contribution is 2.50. The highest BCUT2D eigenvalue weighted by molar-refractivity contribution is 7.62. The molecule has 170 valence electrons. The Morgan fingerprint density at radius 3 is 1.97 bits per heavy atom. The smallest absolute Gasteiger partial charge is 0.385 e. The highest BCUT2D eigenvalue weighted by atomic mass is 31.2. The first-order chi connectivity index (χ1) is 15.7. The number of hydrogen-bond donors (Lipinski definition) is 0. The fraction of sp³-hybridized carbons (Fsp3) is 0.375. The van der Waals surface area contributed by atoms with Gasteiger partial charge in [-0.2, -0.15) is 0 Å². The largest absolute Gasteiger partial charge is 0.423 e. The van der Waals surface area contributed by atoms with Crippen molar-refractivity contribution < 1.29 is 22.8 Å². The van der Waals surface area contributed by atoms with Crippen molar-refractivity contribution in [3.05, 3.63) is 77.7 Å². The summed E-state index contributed by atoms with van der Waals surface area (Å²) in [6, 6.07) is 20.1. The van der Waals surface area contributed by atoms with Gasteiger partial charge in [-0.3, -0.25) is 4.57 Å². The first kappa shape index (κ1) is 22.7. The normalized spacial score (nSPS) is 14.8. The molecule has 1 aliphatic heterocycles. The van der Waals surface area contributed by atoms with Gasteiger partial charge in [0.15, 0.2) is 0 Å². The van der Waals surface area contributed by atoms with E-state index in [1.165, 1.54) is 0 Å². The Morgan fingerprint density at radius 2 is 1.47 bits per heavy atom. The molecule has 2 aromatic carbocycles. The van der Waals surface area contributed by atoms with E-state index in [0.29, 0.717) is 38.1 Å². The molecular weight excluding hydrogens is 427 g/mol. The fourth-order valence-electron chi connectivity index (χ4n) is 3.86. The molecule has 1 saturated heterocycles. The minimum absolute atomic E-state index is 0.231. The SMILES string of the molecule is CCOP(=O)(OCC)c1nc(C(c2ccccc2)c2ccccc2)oc1N1CCOCC1. The third-order valence-electron chi connectivity index (χ3n) is 5.28. The van der Waals surface area contributed by atoms with Crippen LogP contribution >= 0.6 is 7.60 Å². The van der Waals surface area contributed by atoms with E-state index in [0.717, 1.165) is 11.1 Å². The Bertz CT molecular complexity index is 986. The summed E-state index contributed by atoms with van der Waals surface area (Å²) in [4.78, 5) is 6.79. The lowest BCUT2D eigenvalue weighted by Crippen LogP contribution is -2.38. The van der Waals surface area contributed by atoms with Crippen molar-refractivity contribution in [3.63, 3.8) is 0 Å². The average Bonchev–Trinajstić information content (AvgIpc) is 3.27. The average molecular weight is 456 g/mol. The molecule has 0 radical (unpaired) electrons. The lowest BCUT2D eigenvalue weighted by molar-refractivity contribution is 0.120. The van der Waals surface area contributed by atoms with E-state index in [-0.39, 0.29) is 24.6 Å². The van der Waals surface area contributed by atoms with Gasteiger partial charge in [-0.25, -0.2) is 4.98 Å². The molecular formula is C24H29N2O5P. The van der Waals surface area contributed by atoms with Gasteiger partial charge < -0.3 is 23.1 Å². The van der Waals surface area contributed by atoms with Gasteiger partial charge in [0.25, 0.3) is 0 Å². The first-order valence-corrected chi connectivity index (χ1v) is 12.5. The molecule has 0 unspecified atom stereocenters. The summed E-state index contributed by atoms with van der Waals surface area (Å²) in [5.74, 6) is 0.631. The van der Waals surface area contributed by atoms with Gasteiger partial charge in [0.1, 0.15) is 0 Å². The number of ether oxygens (including phenoxy) is 1. The molecule has 0 aliphatic carbocycles. The summed E-state index contributed by atoms with van der Waals surface area (Å²) in [5, 5.41) is 0. The van der Waals surface area contributed by atoms with Crippen molar-refractivity contribution in [3.8, 4) is 0 Å². The van der Waals surface area contributed by atoms with Crippen molar-refractivity contribution in [1.29, 1.82) is 0 Å². The zero-order chi connectivity index (χ0) is 22.4. The van der Waals surface area contributed by atoms with E-state index in [2.05, 4.69) is 0 Å². The van der Waals surface area contributed by atoms with E-state index in [4.69, 9.17) is 23.2 Å². The first-order valence-electron chi connectivity index (χ1n) is 11.0. The quantitative estimate of drug-likeness (QED) is 0.436. The van der Waals surface area contributed by atoms with Gasteiger partial charge in [0, 0.05) is 13.1 Å². The number of rotatable bonds is 9. The van der Waals surface area contributed by atoms with E-state index < -0.39 is 7.60 Å². The maximum Gasteiger partial charge on any atom is 0.385 e. The van der Waals surface area contributed by atoms with Crippen LogP contribution in [-0.4, -0.2) is 44.5 Å². The Balaban J connectivity index is 1.87. The molecule has 0 bridgehead atoms. The Morgan fingerprint density at radius 1 is 0.938 bits per heavy atom. The fourth-order valence-corrected chi connectivity index (χ4v) is 5.50. The molecule has 3 aromatic rings. The highest BCUT2D eigenvalue weighted by Gasteiger charge is 2.39. The second-order valence-electron chi connectivity index (χ2n) is 7.37. The van der Waals surface area contributed by atoms with Crippen LogP contribution in [0.3, 0.4) is 0 Å². The zero-order valence-electron chi connectivity index (χ0n) is 18.5. The summed E-state index contributed by atoms with van der Waals surface area (Å²) in [7, 11) is -3.67. The number of morpholine rings is 1. The van der Waals surface area contributed by atoms with Crippen LogP contribution < -0.4 is 10.3 Å². The van der Waals surface area contributed by atoms with Gasteiger partial charge in [0.05, 0.1) is 32.3 Å². The third kappa shape index (κ3) is 4.81. The summed E-state index contributed by atoms with van der Waals surface area (Å²) < 4.78 is 36.9. The van der Waals surface area contributed by atoms with E-state index in [1.54, 1.807) is 13.8 Å². The summed E-state index contributed by atoms with van der Waals surface area (Å²) in [6.45, 7) is 6.40. The van der Waals surface area contributed by atoms with Crippen LogP contribution in [0, 0.1) is 0 Å². The summed E-state index contributed by atoms with van der Waals surface area (Å²) in [6.07, 6.45) is 0. The van der Waals surface area contributed by atoms with Crippen LogP contribution in [0.15, 0.2) is 65.1 Å². The predicted molar refractivity (Wildman–Crippen MR) is 124 cm³/mol. The second-order valence-corrected chi connectivity index (χ2v) is 9.30. The molecule has 7 nitrogen and oxygen atoms in total. The molecule has 0 N–H and O–H groups in total. The van der Waals surface area contributed by atoms with Crippen molar-refractivity contribution >= 4 is 18.9 Å². The van der Waals surface area contributed by atoms with Gasteiger partial charge in [-0.15, -0.1) is 0 Å². The maximum atomic E-state index is 13.8. The van der Waals surface area contributed by atoms with Crippen LogP contribution in [0.2, 0.25) is 0 Å². The monoisotopic (exact) mass is 456 g/mol.